The van der Waals surface area contributed by atoms with Gasteiger partial charge < -0.3 is 10.6 Å². The van der Waals surface area contributed by atoms with Crippen molar-refractivity contribution in [2.75, 3.05) is 39.0 Å². The Morgan fingerprint density at radius 2 is 2.12 bits per heavy atom. The molecule has 0 amide bonds. The van der Waals surface area contributed by atoms with Gasteiger partial charge in [-0.1, -0.05) is 19.1 Å². The minimum absolute atomic E-state index is 0.290. The van der Waals surface area contributed by atoms with Crippen molar-refractivity contribution in [1.29, 1.82) is 0 Å². The smallest absolute Gasteiger partial charge is 0.151 e. The van der Waals surface area contributed by atoms with Gasteiger partial charge in [-0.2, -0.15) is 5.10 Å². The lowest BCUT2D eigenvalue weighted by molar-refractivity contribution is 0.268. The predicted molar refractivity (Wildman–Crippen MR) is 98.0 cm³/mol. The fraction of sp³-hybridized carbons (Fsp3) is 0.556. The maximum absolute atomic E-state index is 6.16. The van der Waals surface area contributed by atoms with Crippen LogP contribution < -0.4 is 5.73 Å². The number of hydrogen-bond acceptors (Lipinski definition) is 5. The van der Waals surface area contributed by atoms with E-state index < -0.39 is 0 Å². The van der Waals surface area contributed by atoms with Gasteiger partial charge >= 0.3 is 0 Å². The molecule has 0 aliphatic carbocycles. The second-order valence-corrected chi connectivity index (χ2v) is 6.75. The quantitative estimate of drug-likeness (QED) is 0.871. The Labute approximate surface area is 144 Å². The number of anilines is 1. The first-order valence-corrected chi connectivity index (χ1v) is 8.74. The average Bonchev–Trinajstić information content (AvgIpc) is 2.79. The number of hydrogen-bond donors (Lipinski definition) is 1. The maximum Gasteiger partial charge on any atom is 0.151 e. The lowest BCUT2D eigenvalue weighted by Crippen LogP contribution is -2.28. The van der Waals surface area contributed by atoms with Crippen molar-refractivity contribution in [1.82, 2.24) is 24.4 Å². The molecule has 3 rings (SSSR count). The molecule has 0 spiro atoms. The Kier molecular flexibility index (Phi) is 5.16. The standard InChI is InChI=1S/C18H28N6/c1-4-6-14(2)16-15(11-23-8-5-7-22(3)9-10-23)12-24-17(16)18(19)20-13-21-24/h4,6,12-14H,5,7-11H2,1-3H3,(H2,19,20,21)/b6-4-. The second-order valence-electron chi connectivity index (χ2n) is 6.75. The van der Waals surface area contributed by atoms with Crippen LogP contribution in [0.1, 0.15) is 37.3 Å². The summed E-state index contributed by atoms with van der Waals surface area (Å²) in [5.74, 6) is 0.844. The Balaban J connectivity index is 1.97. The van der Waals surface area contributed by atoms with E-state index in [0.29, 0.717) is 5.82 Å². The monoisotopic (exact) mass is 328 g/mol. The molecule has 2 N–H and O–H groups in total. The minimum atomic E-state index is 0.290. The number of nitrogens with zero attached hydrogens (tertiary/aromatic N) is 5. The third kappa shape index (κ3) is 3.44. The molecule has 6 heteroatoms. The minimum Gasteiger partial charge on any atom is -0.382 e. The molecule has 130 valence electrons. The van der Waals surface area contributed by atoms with Gasteiger partial charge in [0.25, 0.3) is 0 Å². The number of nitrogen functional groups attached to an aromatic ring is 1. The molecule has 3 heterocycles. The van der Waals surface area contributed by atoms with Crippen LogP contribution in [0.3, 0.4) is 0 Å². The number of rotatable bonds is 4. The number of likely N-dealkylation sites (N-methyl/N-ethyl adjacent to an activating group) is 1. The van der Waals surface area contributed by atoms with E-state index in [9.17, 15) is 0 Å². The van der Waals surface area contributed by atoms with Crippen molar-refractivity contribution >= 4 is 11.3 Å². The molecule has 0 radical (unpaired) electrons. The van der Waals surface area contributed by atoms with E-state index in [0.717, 1.165) is 31.7 Å². The van der Waals surface area contributed by atoms with Crippen LogP contribution in [0.2, 0.25) is 0 Å². The van der Waals surface area contributed by atoms with Crippen LogP contribution in [-0.2, 0) is 6.54 Å². The summed E-state index contributed by atoms with van der Waals surface area (Å²) < 4.78 is 1.89. The highest BCUT2D eigenvalue weighted by Gasteiger charge is 2.21. The van der Waals surface area contributed by atoms with Crippen LogP contribution in [0, 0.1) is 0 Å². The number of nitrogens with two attached hydrogens (primary N) is 1. The first kappa shape index (κ1) is 16.9. The molecule has 1 unspecified atom stereocenters. The van der Waals surface area contributed by atoms with Gasteiger partial charge in [0.05, 0.1) is 0 Å². The summed E-state index contributed by atoms with van der Waals surface area (Å²) in [6.45, 7) is 9.73. The van der Waals surface area contributed by atoms with E-state index >= 15 is 0 Å². The van der Waals surface area contributed by atoms with Crippen LogP contribution in [0.25, 0.3) is 5.52 Å². The van der Waals surface area contributed by atoms with E-state index in [1.807, 2.05) is 4.52 Å². The third-order valence-electron chi connectivity index (χ3n) is 4.87. The summed E-state index contributed by atoms with van der Waals surface area (Å²) in [4.78, 5) is 9.14. The highest BCUT2D eigenvalue weighted by molar-refractivity contribution is 5.73. The van der Waals surface area contributed by atoms with Crippen LogP contribution in [0.5, 0.6) is 0 Å². The molecule has 1 saturated heterocycles. The summed E-state index contributed by atoms with van der Waals surface area (Å²) in [6.07, 6.45) is 9.17. The Morgan fingerprint density at radius 1 is 1.29 bits per heavy atom. The lowest BCUT2D eigenvalue weighted by atomic mass is 9.97. The van der Waals surface area contributed by atoms with Gasteiger partial charge in [-0.15, -0.1) is 0 Å². The van der Waals surface area contributed by atoms with E-state index in [1.54, 1.807) is 0 Å². The van der Waals surface area contributed by atoms with Crippen LogP contribution in [0.15, 0.2) is 24.7 Å². The SMILES string of the molecule is C/C=C\C(C)c1c(CN2CCCN(C)CC2)cn2ncnc(N)c12. The van der Waals surface area contributed by atoms with Gasteiger partial charge in [0.15, 0.2) is 5.82 Å². The maximum atomic E-state index is 6.16. The number of allylic oxidation sites excluding steroid dienone is 2. The number of aromatic nitrogens is 3. The van der Waals surface area contributed by atoms with Crippen molar-refractivity contribution in [3.8, 4) is 0 Å². The van der Waals surface area contributed by atoms with Gasteiger partial charge in [0.2, 0.25) is 0 Å². The lowest BCUT2D eigenvalue weighted by Gasteiger charge is -2.21. The zero-order chi connectivity index (χ0) is 17.1. The van der Waals surface area contributed by atoms with E-state index in [2.05, 4.69) is 59.1 Å². The van der Waals surface area contributed by atoms with Crippen molar-refractivity contribution < 1.29 is 0 Å². The highest BCUT2D eigenvalue weighted by Crippen LogP contribution is 2.31. The normalized spacial score (nSPS) is 19.1. The van der Waals surface area contributed by atoms with Crippen molar-refractivity contribution in [3.63, 3.8) is 0 Å². The Morgan fingerprint density at radius 3 is 2.92 bits per heavy atom. The fourth-order valence-corrected chi connectivity index (χ4v) is 3.63. The fourth-order valence-electron chi connectivity index (χ4n) is 3.63. The van der Waals surface area contributed by atoms with Crippen molar-refractivity contribution in [2.24, 2.45) is 0 Å². The van der Waals surface area contributed by atoms with Crippen molar-refractivity contribution in [2.45, 2.75) is 32.7 Å². The zero-order valence-corrected chi connectivity index (χ0v) is 14.9. The van der Waals surface area contributed by atoms with Gasteiger partial charge in [-0.05, 0) is 44.6 Å². The summed E-state index contributed by atoms with van der Waals surface area (Å²) >= 11 is 0. The van der Waals surface area contributed by atoms with Gasteiger partial charge in [0.1, 0.15) is 11.8 Å². The molecule has 1 fully saturated rings. The molecule has 24 heavy (non-hydrogen) atoms. The molecule has 0 aromatic carbocycles. The third-order valence-corrected chi connectivity index (χ3v) is 4.87. The molecule has 2 aromatic rings. The molecular formula is C18H28N6. The molecule has 6 nitrogen and oxygen atoms in total. The van der Waals surface area contributed by atoms with E-state index in [4.69, 9.17) is 5.73 Å². The topological polar surface area (TPSA) is 62.7 Å². The van der Waals surface area contributed by atoms with E-state index in [-0.39, 0.29) is 5.92 Å². The molecule has 2 aromatic heterocycles. The first-order chi connectivity index (χ1) is 11.6. The molecular weight excluding hydrogens is 300 g/mol. The largest absolute Gasteiger partial charge is 0.382 e. The van der Waals surface area contributed by atoms with Crippen molar-refractivity contribution in [3.05, 3.63) is 35.8 Å². The average molecular weight is 328 g/mol. The molecule has 0 saturated carbocycles. The molecule has 1 aliphatic rings. The Hall–Kier alpha value is -1.92. The Bertz CT molecular complexity index is 720. The summed E-state index contributed by atoms with van der Waals surface area (Å²) in [5.41, 5.74) is 9.67. The van der Waals surface area contributed by atoms with Crippen LogP contribution in [0.4, 0.5) is 5.82 Å². The zero-order valence-electron chi connectivity index (χ0n) is 14.9. The number of fused-ring (bicyclic) bond motifs is 1. The van der Waals surface area contributed by atoms with Crippen LogP contribution in [-0.4, -0.2) is 57.6 Å². The van der Waals surface area contributed by atoms with Crippen LogP contribution >= 0.6 is 0 Å². The summed E-state index contributed by atoms with van der Waals surface area (Å²) in [5, 5.41) is 4.36. The molecule has 1 aliphatic heterocycles. The second kappa shape index (κ2) is 7.32. The van der Waals surface area contributed by atoms with Gasteiger partial charge in [-0.3, -0.25) is 4.90 Å². The van der Waals surface area contributed by atoms with E-state index in [1.165, 1.54) is 30.4 Å². The summed E-state index contributed by atoms with van der Waals surface area (Å²) in [6, 6.07) is 0. The summed E-state index contributed by atoms with van der Waals surface area (Å²) in [7, 11) is 2.20. The molecule has 1 atom stereocenters. The van der Waals surface area contributed by atoms with Gasteiger partial charge in [-0.25, -0.2) is 9.50 Å². The first-order valence-electron chi connectivity index (χ1n) is 8.74. The molecule has 0 bridgehead atoms. The van der Waals surface area contributed by atoms with Gasteiger partial charge in [0, 0.05) is 31.7 Å². The highest BCUT2D eigenvalue weighted by atomic mass is 15.2. The predicted octanol–water partition coefficient (Wildman–Crippen LogP) is 2.13.